The number of phenolic OH excluding ortho intramolecular Hbond substituents is 1. The fourth-order valence-corrected chi connectivity index (χ4v) is 4.33. The van der Waals surface area contributed by atoms with Crippen LogP contribution < -0.4 is 15.2 Å². The van der Waals surface area contributed by atoms with Gasteiger partial charge in [-0.15, -0.1) is 0 Å². The molecule has 6 N–H and O–H groups in total. The molecule has 0 unspecified atom stereocenters. The summed E-state index contributed by atoms with van der Waals surface area (Å²) in [4.78, 5) is 70.0. The maximum absolute atomic E-state index is 12.9. The zero-order chi connectivity index (χ0) is 35.7. The van der Waals surface area contributed by atoms with E-state index in [0.717, 1.165) is 18.9 Å². The van der Waals surface area contributed by atoms with Gasteiger partial charge in [0.05, 0.1) is 23.3 Å². The molecule has 15 heteroatoms. The number of nitrogen functional groups attached to an aromatic ring is 1. The van der Waals surface area contributed by atoms with Gasteiger partial charge in [-0.1, -0.05) is 13.3 Å². The summed E-state index contributed by atoms with van der Waals surface area (Å²) in [6.45, 7) is 4.37. The van der Waals surface area contributed by atoms with Crippen molar-refractivity contribution >= 4 is 41.8 Å². The second kappa shape index (κ2) is 15.8. The van der Waals surface area contributed by atoms with E-state index in [1.165, 1.54) is 13.8 Å². The van der Waals surface area contributed by atoms with Crippen molar-refractivity contribution in [2.24, 2.45) is 0 Å². The van der Waals surface area contributed by atoms with E-state index in [0.29, 0.717) is 30.0 Å². The van der Waals surface area contributed by atoms with Crippen LogP contribution in [-0.2, 0) is 25.7 Å². The Labute approximate surface area is 272 Å². The third kappa shape index (κ3) is 8.25. The minimum absolute atomic E-state index is 0.169. The molecule has 0 atom stereocenters. The van der Waals surface area contributed by atoms with E-state index in [1.807, 2.05) is 0 Å². The molecule has 0 aromatic heterocycles. The molecule has 3 aromatic rings. The SMILES string of the molecule is CCCCOC(=O)c1ccc(N)cc1.Cc1cc(O)c(C=O)c2c1C(=O)Oc1c(COC(=O)C=CC(=O)O)c(O)c(C(=O)O)c(C)c1O2. The van der Waals surface area contributed by atoms with Crippen LogP contribution in [0.25, 0.3) is 0 Å². The van der Waals surface area contributed by atoms with Crippen LogP contribution in [0.15, 0.2) is 42.5 Å². The number of aromatic hydroxyl groups is 2. The lowest BCUT2D eigenvalue weighted by Crippen LogP contribution is -2.13. The molecule has 15 nitrogen and oxygen atoms in total. The zero-order valence-electron chi connectivity index (χ0n) is 25.9. The monoisotopic (exact) mass is 665 g/mol. The molecular formula is C33H31NO14. The maximum atomic E-state index is 12.9. The number of hydrogen-bond acceptors (Lipinski definition) is 13. The molecule has 48 heavy (non-hydrogen) atoms. The van der Waals surface area contributed by atoms with Gasteiger partial charge < -0.3 is 45.1 Å². The van der Waals surface area contributed by atoms with Gasteiger partial charge in [-0.05, 0) is 56.2 Å². The summed E-state index contributed by atoms with van der Waals surface area (Å²) >= 11 is 0. The van der Waals surface area contributed by atoms with Gasteiger partial charge in [-0.25, -0.2) is 24.0 Å². The predicted molar refractivity (Wildman–Crippen MR) is 166 cm³/mol. The average Bonchev–Trinajstić information content (AvgIpc) is 3.17. The molecule has 1 heterocycles. The number of benzene rings is 3. The third-order valence-corrected chi connectivity index (χ3v) is 6.75. The highest BCUT2D eigenvalue weighted by Crippen LogP contribution is 2.50. The quantitative estimate of drug-likeness (QED) is 0.0501. The Bertz CT molecular complexity index is 1810. The van der Waals surface area contributed by atoms with Crippen molar-refractivity contribution in [3.05, 3.63) is 81.4 Å². The fraction of sp³-hybridized carbons (Fsp3) is 0.212. The largest absolute Gasteiger partial charge is 0.507 e. The lowest BCUT2D eigenvalue weighted by atomic mass is 10.0. The number of carbonyl (C=O) groups is 6. The third-order valence-electron chi connectivity index (χ3n) is 6.75. The molecule has 0 aliphatic carbocycles. The highest BCUT2D eigenvalue weighted by atomic mass is 16.6. The number of carbonyl (C=O) groups excluding carboxylic acids is 4. The average molecular weight is 666 g/mol. The van der Waals surface area contributed by atoms with E-state index in [4.69, 9.17) is 29.8 Å². The summed E-state index contributed by atoms with van der Waals surface area (Å²) in [6, 6.07) is 7.85. The van der Waals surface area contributed by atoms with Crippen molar-refractivity contribution in [1.82, 2.24) is 0 Å². The van der Waals surface area contributed by atoms with Gasteiger partial charge in [0.1, 0.15) is 29.2 Å². The molecule has 0 amide bonds. The van der Waals surface area contributed by atoms with Crippen molar-refractivity contribution < 1.29 is 68.1 Å². The van der Waals surface area contributed by atoms with Gasteiger partial charge in [0.2, 0.25) is 0 Å². The Morgan fingerprint density at radius 1 is 0.938 bits per heavy atom. The number of carboxylic acids is 2. The van der Waals surface area contributed by atoms with Crippen molar-refractivity contribution in [2.45, 2.75) is 40.2 Å². The number of nitrogens with two attached hydrogens (primary N) is 1. The van der Waals surface area contributed by atoms with Crippen LogP contribution in [0.1, 0.15) is 77.9 Å². The number of unbranched alkanes of at least 4 members (excludes halogenated alkanes) is 1. The molecule has 1 aliphatic rings. The number of hydrogen-bond donors (Lipinski definition) is 5. The summed E-state index contributed by atoms with van der Waals surface area (Å²) < 4.78 is 20.9. The van der Waals surface area contributed by atoms with Gasteiger partial charge >= 0.3 is 29.8 Å². The number of esters is 3. The first-order chi connectivity index (χ1) is 22.7. The zero-order valence-corrected chi connectivity index (χ0v) is 25.9. The van der Waals surface area contributed by atoms with E-state index < -0.39 is 70.2 Å². The van der Waals surface area contributed by atoms with Crippen molar-refractivity contribution in [3.8, 4) is 28.7 Å². The van der Waals surface area contributed by atoms with Crippen molar-refractivity contribution in [1.29, 1.82) is 0 Å². The van der Waals surface area contributed by atoms with Gasteiger partial charge in [0.25, 0.3) is 0 Å². The van der Waals surface area contributed by atoms with E-state index >= 15 is 0 Å². The molecule has 252 valence electrons. The standard InChI is InChI=1S/C22H16O12.C11H15NO2/c1-8-5-12(24)10(6-23)19-15(8)22(31)34-20-11(7-32-14(27)4-3-13(25)26)17(28)16(21(29)30)9(2)18(20)33-19;1-2-3-8-14-11(13)9-4-6-10(12)7-5-9/h3-6,24,28H,7H2,1-2H3,(H,25,26)(H,29,30);4-7H,2-3,8,12H2,1H3. The molecule has 0 spiro atoms. The Kier molecular flexibility index (Phi) is 11.8. The normalized spacial score (nSPS) is 11.4. The summed E-state index contributed by atoms with van der Waals surface area (Å²) in [7, 11) is 0. The molecule has 0 bridgehead atoms. The molecule has 0 saturated carbocycles. The fourth-order valence-electron chi connectivity index (χ4n) is 4.33. The second-order valence-corrected chi connectivity index (χ2v) is 10.1. The molecule has 0 saturated heterocycles. The maximum Gasteiger partial charge on any atom is 0.347 e. The molecular weight excluding hydrogens is 634 g/mol. The van der Waals surface area contributed by atoms with E-state index in [2.05, 4.69) is 6.92 Å². The Morgan fingerprint density at radius 2 is 1.60 bits per heavy atom. The van der Waals surface area contributed by atoms with Crippen LogP contribution in [0.5, 0.6) is 28.7 Å². The first-order valence-electron chi connectivity index (χ1n) is 14.2. The van der Waals surface area contributed by atoms with E-state index in [1.54, 1.807) is 24.3 Å². The first kappa shape index (κ1) is 36.1. The van der Waals surface area contributed by atoms with Crippen molar-refractivity contribution in [3.63, 3.8) is 0 Å². The van der Waals surface area contributed by atoms with Gasteiger partial charge in [0, 0.05) is 23.4 Å². The molecule has 3 aromatic carbocycles. The highest BCUT2D eigenvalue weighted by Gasteiger charge is 2.35. The number of aldehydes is 1. The van der Waals surface area contributed by atoms with Crippen LogP contribution >= 0.6 is 0 Å². The smallest absolute Gasteiger partial charge is 0.347 e. The predicted octanol–water partition coefficient (Wildman–Crippen LogP) is 4.46. The summed E-state index contributed by atoms with van der Waals surface area (Å²) in [6.07, 6.45) is 3.23. The van der Waals surface area contributed by atoms with Crippen LogP contribution in [-0.4, -0.2) is 63.2 Å². The Morgan fingerprint density at radius 3 is 2.19 bits per heavy atom. The number of rotatable bonds is 10. The summed E-state index contributed by atoms with van der Waals surface area (Å²) in [5.74, 6) is -8.19. The van der Waals surface area contributed by atoms with E-state index in [9.17, 15) is 44.1 Å². The number of aromatic carboxylic acids is 1. The lowest BCUT2D eigenvalue weighted by Gasteiger charge is -2.18. The minimum Gasteiger partial charge on any atom is -0.507 e. The molecule has 4 rings (SSSR count). The second-order valence-electron chi connectivity index (χ2n) is 10.1. The van der Waals surface area contributed by atoms with Gasteiger partial charge in [-0.2, -0.15) is 0 Å². The van der Waals surface area contributed by atoms with Crippen LogP contribution in [0, 0.1) is 13.8 Å². The van der Waals surface area contributed by atoms with Crippen LogP contribution in [0.2, 0.25) is 0 Å². The lowest BCUT2D eigenvalue weighted by molar-refractivity contribution is -0.139. The number of aryl methyl sites for hydroxylation is 1. The summed E-state index contributed by atoms with van der Waals surface area (Å²) in [5, 5.41) is 38.9. The Hall–Kier alpha value is -6.38. The topological polar surface area (TPSA) is 246 Å². The van der Waals surface area contributed by atoms with E-state index in [-0.39, 0.29) is 34.7 Å². The van der Waals surface area contributed by atoms with Crippen LogP contribution in [0.4, 0.5) is 5.69 Å². The highest BCUT2D eigenvalue weighted by molar-refractivity contribution is 6.03. The number of ether oxygens (including phenoxy) is 4. The van der Waals surface area contributed by atoms with Crippen LogP contribution in [0.3, 0.4) is 0 Å². The van der Waals surface area contributed by atoms with Gasteiger partial charge in [0.15, 0.2) is 23.5 Å². The molecule has 0 fully saturated rings. The summed E-state index contributed by atoms with van der Waals surface area (Å²) in [5.41, 5.74) is 4.89. The number of aliphatic carboxylic acids is 1. The molecule has 0 radical (unpaired) electrons. The van der Waals surface area contributed by atoms with Crippen molar-refractivity contribution in [2.75, 3.05) is 12.3 Å². The number of fused-ring (bicyclic) bond motifs is 2. The Balaban J connectivity index is 0.000000373. The number of phenols is 2. The number of carboxylic acid groups (broad SMARTS) is 2. The van der Waals surface area contributed by atoms with Gasteiger partial charge in [-0.3, -0.25) is 4.79 Å². The first-order valence-corrected chi connectivity index (χ1v) is 14.2. The molecule has 1 aliphatic heterocycles. The minimum atomic E-state index is -1.60. The number of anilines is 1.